The Bertz CT molecular complexity index is 694. The summed E-state index contributed by atoms with van der Waals surface area (Å²) >= 11 is 7.67. The zero-order valence-electron chi connectivity index (χ0n) is 14.4. The molecule has 138 valence electrons. The lowest BCUT2D eigenvalue weighted by molar-refractivity contribution is 0.173. The summed E-state index contributed by atoms with van der Waals surface area (Å²) in [5.74, 6) is 1.81. The number of nitrogens with one attached hydrogen (secondary N) is 1. The molecule has 0 saturated carbocycles. The van der Waals surface area contributed by atoms with Crippen molar-refractivity contribution < 1.29 is 0 Å². The van der Waals surface area contributed by atoms with Crippen LogP contribution in [-0.2, 0) is 20.1 Å². The van der Waals surface area contributed by atoms with Gasteiger partial charge in [-0.3, -0.25) is 14.6 Å². The van der Waals surface area contributed by atoms with Gasteiger partial charge in [-0.2, -0.15) is 5.10 Å². The van der Waals surface area contributed by atoms with E-state index in [1.54, 1.807) is 22.3 Å². The molecule has 0 aromatic carbocycles. The van der Waals surface area contributed by atoms with Crippen LogP contribution in [0.15, 0.2) is 23.5 Å². The van der Waals surface area contributed by atoms with Crippen LogP contribution in [0, 0.1) is 0 Å². The van der Waals surface area contributed by atoms with Gasteiger partial charge in [0.25, 0.3) is 0 Å². The van der Waals surface area contributed by atoms with Crippen molar-refractivity contribution in [3.63, 3.8) is 0 Å². The summed E-state index contributed by atoms with van der Waals surface area (Å²) in [5, 5.41) is 7.45. The second-order valence-corrected chi connectivity index (χ2v) is 7.47. The van der Waals surface area contributed by atoms with Crippen molar-refractivity contribution in [3.05, 3.63) is 33.5 Å². The Kier molecular flexibility index (Phi) is 7.91. The maximum absolute atomic E-state index is 6.01. The first kappa shape index (κ1) is 20.4. The third-order valence-corrected chi connectivity index (χ3v) is 5.32. The molecule has 1 fully saturated rings. The van der Waals surface area contributed by atoms with E-state index < -0.39 is 0 Å². The number of rotatable bonds is 4. The molecule has 1 aliphatic heterocycles. The highest BCUT2D eigenvalue weighted by atomic mass is 127. The number of piperazine rings is 1. The smallest absolute Gasteiger partial charge is 0.194 e. The number of thiophene rings is 1. The zero-order chi connectivity index (χ0) is 16.9. The van der Waals surface area contributed by atoms with E-state index in [0.717, 1.165) is 48.8 Å². The van der Waals surface area contributed by atoms with E-state index in [4.69, 9.17) is 11.6 Å². The molecule has 1 N–H and O–H groups in total. The van der Waals surface area contributed by atoms with Crippen molar-refractivity contribution in [3.8, 4) is 0 Å². The lowest BCUT2D eigenvalue weighted by Gasteiger charge is -2.36. The number of aliphatic imine (C=N–C) groups is 1. The minimum Gasteiger partial charge on any atom is -0.349 e. The fourth-order valence-corrected chi connectivity index (χ4v) is 3.88. The van der Waals surface area contributed by atoms with E-state index in [-0.39, 0.29) is 24.0 Å². The van der Waals surface area contributed by atoms with Crippen LogP contribution in [0.3, 0.4) is 0 Å². The minimum atomic E-state index is 0. The Balaban J connectivity index is 0.00000225. The van der Waals surface area contributed by atoms with Gasteiger partial charge >= 0.3 is 0 Å². The Labute approximate surface area is 174 Å². The molecule has 0 radical (unpaired) electrons. The summed E-state index contributed by atoms with van der Waals surface area (Å²) in [4.78, 5) is 14.7. The molecule has 7 nitrogen and oxygen atoms in total. The predicted molar refractivity (Wildman–Crippen MR) is 113 cm³/mol. The summed E-state index contributed by atoms with van der Waals surface area (Å²) in [6, 6.07) is 4.08. The van der Waals surface area contributed by atoms with Gasteiger partial charge in [0.15, 0.2) is 5.96 Å². The minimum absolute atomic E-state index is 0. The lowest BCUT2D eigenvalue weighted by Crippen LogP contribution is -2.52. The molecule has 0 amide bonds. The van der Waals surface area contributed by atoms with Crippen molar-refractivity contribution in [1.82, 2.24) is 29.9 Å². The Morgan fingerprint density at radius 1 is 1.32 bits per heavy atom. The summed E-state index contributed by atoms with van der Waals surface area (Å²) in [7, 11) is 3.71. The van der Waals surface area contributed by atoms with E-state index >= 15 is 0 Å². The highest BCUT2D eigenvalue weighted by molar-refractivity contribution is 14.0. The third-order valence-electron chi connectivity index (χ3n) is 4.10. The molecule has 1 saturated heterocycles. The second-order valence-electron chi connectivity index (χ2n) is 5.67. The average Bonchev–Trinajstić information content (AvgIpc) is 3.18. The van der Waals surface area contributed by atoms with Crippen LogP contribution in [0.1, 0.15) is 10.7 Å². The van der Waals surface area contributed by atoms with Crippen LogP contribution < -0.4 is 5.32 Å². The summed E-state index contributed by atoms with van der Waals surface area (Å²) in [6.07, 6.45) is 1.56. The highest BCUT2D eigenvalue weighted by Gasteiger charge is 2.20. The van der Waals surface area contributed by atoms with Gasteiger partial charge in [-0.05, 0) is 12.1 Å². The number of hydrogen-bond acceptors (Lipinski definition) is 5. The third kappa shape index (κ3) is 5.53. The van der Waals surface area contributed by atoms with Crippen LogP contribution in [0.2, 0.25) is 4.34 Å². The van der Waals surface area contributed by atoms with Crippen molar-refractivity contribution in [2.24, 2.45) is 12.0 Å². The van der Waals surface area contributed by atoms with Gasteiger partial charge in [-0.15, -0.1) is 35.3 Å². The molecule has 0 bridgehead atoms. The number of hydrogen-bond donors (Lipinski definition) is 1. The van der Waals surface area contributed by atoms with E-state index in [9.17, 15) is 0 Å². The van der Waals surface area contributed by atoms with Crippen molar-refractivity contribution >= 4 is 52.9 Å². The first-order valence-electron chi connectivity index (χ1n) is 7.90. The average molecular weight is 496 g/mol. The van der Waals surface area contributed by atoms with Crippen LogP contribution in [0.4, 0.5) is 0 Å². The van der Waals surface area contributed by atoms with Crippen LogP contribution in [-0.4, -0.2) is 63.8 Å². The highest BCUT2D eigenvalue weighted by Crippen LogP contribution is 2.23. The molecular weight excluding hydrogens is 473 g/mol. The van der Waals surface area contributed by atoms with Gasteiger partial charge in [0.05, 0.1) is 10.9 Å². The molecule has 2 aromatic heterocycles. The molecule has 1 aliphatic rings. The summed E-state index contributed by atoms with van der Waals surface area (Å²) < 4.78 is 2.63. The number of aryl methyl sites for hydroxylation is 1. The van der Waals surface area contributed by atoms with Gasteiger partial charge in [-0.25, -0.2) is 4.98 Å². The normalized spacial score (nSPS) is 16.0. The SMILES string of the molecule is CN=C(NCc1ncnn1C)N1CCN(Cc2ccc(Cl)s2)CC1.I. The maximum atomic E-state index is 6.01. The first-order valence-corrected chi connectivity index (χ1v) is 9.10. The number of halogens is 2. The quantitative estimate of drug-likeness (QED) is 0.400. The van der Waals surface area contributed by atoms with Crippen LogP contribution in [0.25, 0.3) is 0 Å². The molecule has 0 spiro atoms. The molecule has 2 aromatic rings. The van der Waals surface area contributed by atoms with Gasteiger partial charge in [0.1, 0.15) is 12.2 Å². The maximum Gasteiger partial charge on any atom is 0.194 e. The Hall–Kier alpha value is -0.910. The largest absolute Gasteiger partial charge is 0.349 e. The number of nitrogens with zero attached hydrogens (tertiary/aromatic N) is 6. The van der Waals surface area contributed by atoms with Crippen molar-refractivity contribution in [2.75, 3.05) is 33.2 Å². The molecular formula is C15H23ClIN7S. The molecule has 3 rings (SSSR count). The van der Waals surface area contributed by atoms with E-state index in [1.807, 2.05) is 20.2 Å². The van der Waals surface area contributed by atoms with E-state index in [0.29, 0.717) is 6.54 Å². The number of guanidine groups is 1. The van der Waals surface area contributed by atoms with Crippen LogP contribution >= 0.6 is 46.9 Å². The van der Waals surface area contributed by atoms with E-state index in [2.05, 4.69) is 36.3 Å². The lowest BCUT2D eigenvalue weighted by atomic mass is 10.3. The van der Waals surface area contributed by atoms with E-state index in [1.165, 1.54) is 4.88 Å². The van der Waals surface area contributed by atoms with Gasteiger partial charge in [-0.1, -0.05) is 11.6 Å². The molecule has 0 aliphatic carbocycles. The molecule has 0 unspecified atom stereocenters. The van der Waals surface area contributed by atoms with Crippen molar-refractivity contribution in [1.29, 1.82) is 0 Å². The molecule has 3 heterocycles. The first-order chi connectivity index (χ1) is 11.7. The van der Waals surface area contributed by atoms with Crippen molar-refractivity contribution in [2.45, 2.75) is 13.1 Å². The Morgan fingerprint density at radius 2 is 2.08 bits per heavy atom. The second kappa shape index (κ2) is 9.70. The Morgan fingerprint density at radius 3 is 2.64 bits per heavy atom. The van der Waals surface area contributed by atoms with Crippen LogP contribution in [0.5, 0.6) is 0 Å². The summed E-state index contributed by atoms with van der Waals surface area (Å²) in [6.45, 7) is 5.53. The fourth-order valence-electron chi connectivity index (χ4n) is 2.75. The zero-order valence-corrected chi connectivity index (χ0v) is 18.3. The topological polar surface area (TPSA) is 61.6 Å². The van der Waals surface area contributed by atoms with Gasteiger partial charge in [0.2, 0.25) is 0 Å². The summed E-state index contributed by atoms with van der Waals surface area (Å²) in [5.41, 5.74) is 0. The molecule has 10 heteroatoms. The molecule has 25 heavy (non-hydrogen) atoms. The monoisotopic (exact) mass is 495 g/mol. The standard InChI is InChI=1S/C15H22ClN7S.HI/c1-17-15(18-9-14-19-11-20-21(14)2)23-7-5-22(6-8-23)10-12-3-4-13(16)24-12;/h3-4,11H,5-10H2,1-2H3,(H,17,18);1H. The predicted octanol–water partition coefficient (Wildman–Crippen LogP) is 2.04. The number of aromatic nitrogens is 3. The fraction of sp³-hybridized carbons (Fsp3) is 0.533. The van der Waals surface area contributed by atoms with Gasteiger partial charge < -0.3 is 10.2 Å². The molecule has 0 atom stereocenters. The van der Waals surface area contributed by atoms with Gasteiger partial charge in [0, 0.05) is 51.7 Å².